The summed E-state index contributed by atoms with van der Waals surface area (Å²) in [5.41, 5.74) is 1.76. The molecular weight excluding hydrogens is 424 g/mol. The summed E-state index contributed by atoms with van der Waals surface area (Å²) in [5.74, 6) is -0.0499. The Hall–Kier alpha value is -3.27. The van der Waals surface area contributed by atoms with Crippen molar-refractivity contribution < 1.29 is 32.2 Å². The first-order chi connectivity index (χ1) is 14.7. The molecule has 9 nitrogen and oxygen atoms in total. The fourth-order valence-electron chi connectivity index (χ4n) is 3.05. The summed E-state index contributed by atoms with van der Waals surface area (Å²) in [6.07, 6.45) is 1.02. The number of fused-ring (bicyclic) bond motifs is 1. The first kappa shape index (κ1) is 22.4. The van der Waals surface area contributed by atoms with E-state index in [4.69, 9.17) is 14.2 Å². The maximum Gasteiger partial charge on any atom is 0.338 e. The minimum absolute atomic E-state index is 0.261. The number of hydrogen-bond acceptors (Lipinski definition) is 7. The molecule has 0 unspecified atom stereocenters. The van der Waals surface area contributed by atoms with Crippen LogP contribution in [0.15, 0.2) is 36.4 Å². The predicted octanol–water partition coefficient (Wildman–Crippen LogP) is 2.35. The lowest BCUT2D eigenvalue weighted by molar-refractivity contribution is -0.114. The molecule has 0 fully saturated rings. The van der Waals surface area contributed by atoms with Gasteiger partial charge in [0.05, 0.1) is 24.1 Å². The second-order valence-corrected chi connectivity index (χ2v) is 8.80. The molecule has 1 aliphatic heterocycles. The van der Waals surface area contributed by atoms with E-state index in [2.05, 4.69) is 5.32 Å². The highest BCUT2D eigenvalue weighted by Gasteiger charge is 2.23. The molecule has 0 atom stereocenters. The first-order valence-corrected chi connectivity index (χ1v) is 11.5. The molecule has 2 aromatic carbocycles. The first-order valence-electron chi connectivity index (χ1n) is 9.64. The zero-order valence-corrected chi connectivity index (χ0v) is 18.3. The average Bonchev–Trinajstić information content (AvgIpc) is 2.72. The summed E-state index contributed by atoms with van der Waals surface area (Å²) in [4.78, 5) is 24.5. The minimum atomic E-state index is -3.75. The fourth-order valence-corrected chi connectivity index (χ4v) is 3.90. The summed E-state index contributed by atoms with van der Waals surface area (Å²) in [5, 5.41) is 2.69. The van der Waals surface area contributed by atoms with Gasteiger partial charge < -0.3 is 19.5 Å². The number of carbonyl (C=O) groups is 2. The molecule has 0 bridgehead atoms. The molecule has 10 heteroatoms. The molecule has 31 heavy (non-hydrogen) atoms. The topological polar surface area (TPSA) is 111 Å². The quantitative estimate of drug-likeness (QED) is 0.647. The lowest BCUT2D eigenvalue weighted by Crippen LogP contribution is -2.37. The highest BCUT2D eigenvalue weighted by Crippen LogP contribution is 2.34. The lowest BCUT2D eigenvalue weighted by Gasteiger charge is -2.25. The number of esters is 1. The van der Waals surface area contributed by atoms with Crippen molar-refractivity contribution in [2.45, 2.75) is 13.8 Å². The lowest BCUT2D eigenvalue weighted by atomic mass is 10.1. The second kappa shape index (κ2) is 9.25. The van der Waals surface area contributed by atoms with Crippen LogP contribution >= 0.6 is 0 Å². The number of carbonyl (C=O) groups excluding carboxylic acids is 2. The molecule has 0 aromatic heterocycles. The summed E-state index contributed by atoms with van der Waals surface area (Å²) >= 11 is 0. The summed E-state index contributed by atoms with van der Waals surface area (Å²) in [7, 11) is -3.75. The third kappa shape index (κ3) is 5.46. The van der Waals surface area contributed by atoms with Crippen LogP contribution in [-0.4, -0.2) is 52.9 Å². The molecule has 3 rings (SSSR count). The average molecular weight is 448 g/mol. The molecule has 0 saturated carbocycles. The highest BCUT2D eigenvalue weighted by molar-refractivity contribution is 7.92. The normalized spacial score (nSPS) is 12.7. The van der Waals surface area contributed by atoms with E-state index in [0.29, 0.717) is 41.5 Å². The standard InChI is InChI=1S/C21H24N2O7S/c1-4-28-21(25)15-5-7-17(14(2)11-15)22-20(24)13-23(31(3,26)27)16-6-8-18-19(12-16)30-10-9-29-18/h5-8,11-12H,4,9-10,13H2,1-3H3,(H,22,24). The van der Waals surface area contributed by atoms with Gasteiger partial charge in [-0.15, -0.1) is 0 Å². The van der Waals surface area contributed by atoms with Crippen LogP contribution in [0.5, 0.6) is 11.5 Å². The molecule has 166 valence electrons. The monoisotopic (exact) mass is 448 g/mol. The molecule has 0 spiro atoms. The zero-order valence-electron chi connectivity index (χ0n) is 17.5. The number of nitrogens with zero attached hydrogens (tertiary/aromatic N) is 1. The molecule has 1 N–H and O–H groups in total. The van der Waals surface area contributed by atoms with Crippen LogP contribution in [-0.2, 0) is 19.6 Å². The van der Waals surface area contributed by atoms with Gasteiger partial charge in [0.1, 0.15) is 19.8 Å². The number of anilines is 2. The third-order valence-corrected chi connectivity index (χ3v) is 5.65. The van der Waals surface area contributed by atoms with Crippen molar-refractivity contribution in [2.75, 3.05) is 42.2 Å². The smallest absolute Gasteiger partial charge is 0.338 e. The Balaban J connectivity index is 1.77. The van der Waals surface area contributed by atoms with Gasteiger partial charge in [-0.1, -0.05) is 0 Å². The number of aryl methyl sites for hydroxylation is 1. The predicted molar refractivity (Wildman–Crippen MR) is 115 cm³/mol. The van der Waals surface area contributed by atoms with Gasteiger partial charge in [-0.2, -0.15) is 0 Å². The number of rotatable bonds is 7. The van der Waals surface area contributed by atoms with Crippen LogP contribution in [0.25, 0.3) is 0 Å². The Morgan fingerprint density at radius 1 is 1.10 bits per heavy atom. The van der Waals surface area contributed by atoms with Crippen LogP contribution in [0, 0.1) is 6.92 Å². The number of amides is 1. The zero-order chi connectivity index (χ0) is 22.6. The van der Waals surface area contributed by atoms with Gasteiger partial charge in [0.2, 0.25) is 15.9 Å². The molecule has 0 saturated heterocycles. The van der Waals surface area contributed by atoms with Crippen LogP contribution in [0.3, 0.4) is 0 Å². The molecule has 2 aromatic rings. The van der Waals surface area contributed by atoms with Crippen LogP contribution in [0.4, 0.5) is 11.4 Å². The third-order valence-electron chi connectivity index (χ3n) is 4.51. The molecule has 0 radical (unpaired) electrons. The SMILES string of the molecule is CCOC(=O)c1ccc(NC(=O)CN(c2ccc3c(c2)OCCO3)S(C)(=O)=O)c(C)c1. The Morgan fingerprint density at radius 2 is 1.81 bits per heavy atom. The van der Waals surface area contributed by atoms with Crippen LogP contribution in [0.2, 0.25) is 0 Å². The van der Waals surface area contributed by atoms with E-state index in [1.807, 2.05) is 0 Å². The number of benzene rings is 2. The van der Waals surface area contributed by atoms with Gasteiger partial charge in [0, 0.05) is 11.8 Å². The maximum absolute atomic E-state index is 12.6. The van der Waals surface area contributed by atoms with Gasteiger partial charge in [0.25, 0.3) is 0 Å². The summed E-state index contributed by atoms with van der Waals surface area (Å²) in [6, 6.07) is 9.41. The van der Waals surface area contributed by atoms with Crippen LogP contribution in [0.1, 0.15) is 22.8 Å². The van der Waals surface area contributed by atoms with Crippen molar-refractivity contribution in [1.29, 1.82) is 0 Å². The van der Waals surface area contributed by atoms with Crippen LogP contribution < -0.4 is 19.1 Å². The van der Waals surface area contributed by atoms with Crippen molar-refractivity contribution in [3.8, 4) is 11.5 Å². The van der Waals surface area contributed by atoms with E-state index in [1.165, 1.54) is 12.1 Å². The Bertz CT molecular complexity index is 1100. The van der Waals surface area contributed by atoms with Gasteiger partial charge in [-0.3, -0.25) is 9.10 Å². The van der Waals surface area contributed by atoms with E-state index in [0.717, 1.165) is 10.6 Å². The van der Waals surface area contributed by atoms with Gasteiger partial charge >= 0.3 is 5.97 Å². The van der Waals surface area contributed by atoms with Gasteiger partial charge in [-0.25, -0.2) is 13.2 Å². The molecule has 1 amide bonds. The molecular formula is C21H24N2O7S. The van der Waals surface area contributed by atoms with Gasteiger partial charge in [0.15, 0.2) is 11.5 Å². The number of hydrogen-bond donors (Lipinski definition) is 1. The van der Waals surface area contributed by atoms with Crippen molar-refractivity contribution >= 4 is 33.3 Å². The number of nitrogens with one attached hydrogen (secondary N) is 1. The van der Waals surface area contributed by atoms with Gasteiger partial charge in [-0.05, 0) is 49.7 Å². The molecule has 1 heterocycles. The highest BCUT2D eigenvalue weighted by atomic mass is 32.2. The molecule has 0 aliphatic carbocycles. The second-order valence-electron chi connectivity index (χ2n) is 6.90. The number of sulfonamides is 1. The van der Waals surface area contributed by atoms with E-state index in [9.17, 15) is 18.0 Å². The van der Waals surface area contributed by atoms with E-state index >= 15 is 0 Å². The fraction of sp³-hybridized carbons (Fsp3) is 0.333. The Morgan fingerprint density at radius 3 is 2.45 bits per heavy atom. The Labute approximate surface area is 181 Å². The Kier molecular flexibility index (Phi) is 6.69. The summed E-state index contributed by atoms with van der Waals surface area (Å²) < 4.78 is 41.6. The molecule has 1 aliphatic rings. The van der Waals surface area contributed by atoms with E-state index < -0.39 is 28.4 Å². The van der Waals surface area contributed by atoms with Crippen molar-refractivity contribution in [1.82, 2.24) is 0 Å². The van der Waals surface area contributed by atoms with E-state index in [1.54, 1.807) is 38.1 Å². The van der Waals surface area contributed by atoms with E-state index in [-0.39, 0.29) is 12.3 Å². The van der Waals surface area contributed by atoms with Crippen molar-refractivity contribution in [3.05, 3.63) is 47.5 Å². The summed E-state index contributed by atoms with van der Waals surface area (Å²) in [6.45, 7) is 4.05. The minimum Gasteiger partial charge on any atom is -0.486 e. The van der Waals surface area contributed by atoms with Crippen molar-refractivity contribution in [2.24, 2.45) is 0 Å². The van der Waals surface area contributed by atoms with Crippen molar-refractivity contribution in [3.63, 3.8) is 0 Å². The number of ether oxygens (including phenoxy) is 3. The maximum atomic E-state index is 12.6. The largest absolute Gasteiger partial charge is 0.486 e.